The lowest BCUT2D eigenvalue weighted by molar-refractivity contribution is 0.385. The molecule has 0 rings (SSSR count). The molecular formula is C15H30. The Morgan fingerprint density at radius 2 is 1.73 bits per heavy atom. The minimum Gasteiger partial charge on any atom is -0.0851 e. The predicted octanol–water partition coefficient (Wildman–Crippen LogP) is 5.59. The molecule has 1 unspecified atom stereocenters. The summed E-state index contributed by atoms with van der Waals surface area (Å²) in [6.45, 7) is 13.9. The van der Waals surface area contributed by atoms with Gasteiger partial charge in [-0.25, -0.2) is 0 Å². The second kappa shape index (κ2) is 7.09. The van der Waals surface area contributed by atoms with E-state index in [0.717, 1.165) is 5.92 Å². The molecule has 0 N–H and O–H groups in total. The molecule has 0 aliphatic carbocycles. The highest BCUT2D eigenvalue weighted by atomic mass is 14.2. The van der Waals surface area contributed by atoms with Gasteiger partial charge >= 0.3 is 0 Å². The summed E-state index contributed by atoms with van der Waals surface area (Å²) in [6, 6.07) is 0. The molecule has 0 aromatic carbocycles. The van der Waals surface area contributed by atoms with Crippen LogP contribution in [0.2, 0.25) is 0 Å². The van der Waals surface area contributed by atoms with Crippen molar-refractivity contribution in [2.45, 2.75) is 73.6 Å². The molecule has 0 saturated carbocycles. The van der Waals surface area contributed by atoms with Gasteiger partial charge in [0.25, 0.3) is 0 Å². The molecule has 0 fully saturated rings. The van der Waals surface area contributed by atoms with E-state index in [4.69, 9.17) is 0 Å². The van der Waals surface area contributed by atoms with E-state index in [0.29, 0.717) is 5.41 Å². The lowest BCUT2D eigenvalue weighted by atomic mass is 9.81. The van der Waals surface area contributed by atoms with Crippen LogP contribution in [-0.2, 0) is 0 Å². The lowest BCUT2D eigenvalue weighted by Gasteiger charge is -2.24. The van der Waals surface area contributed by atoms with Gasteiger partial charge in [-0.05, 0) is 30.6 Å². The first kappa shape index (κ1) is 14.7. The van der Waals surface area contributed by atoms with Gasteiger partial charge in [-0.15, -0.1) is 0 Å². The molecular weight excluding hydrogens is 180 g/mol. The standard InChI is InChI=1S/C15H30/c1-7-9-11-14(12-15(4,5)6)13(3)10-8-2/h11,13H,7-10,12H2,1-6H3/b14-11-. The Kier molecular flexibility index (Phi) is 6.96. The Hall–Kier alpha value is -0.260. The molecule has 0 amide bonds. The van der Waals surface area contributed by atoms with Gasteiger partial charge in [0.1, 0.15) is 0 Å². The van der Waals surface area contributed by atoms with Crippen LogP contribution in [0.5, 0.6) is 0 Å². The van der Waals surface area contributed by atoms with Crippen LogP contribution in [0.3, 0.4) is 0 Å². The summed E-state index contributed by atoms with van der Waals surface area (Å²) in [5, 5.41) is 0. The van der Waals surface area contributed by atoms with Crippen LogP contribution in [0, 0.1) is 11.3 Å². The van der Waals surface area contributed by atoms with E-state index in [1.807, 2.05) is 0 Å². The summed E-state index contributed by atoms with van der Waals surface area (Å²) in [5.41, 5.74) is 2.12. The first-order chi connectivity index (χ1) is 6.90. The smallest absolute Gasteiger partial charge is 0.0232 e. The van der Waals surface area contributed by atoms with Crippen molar-refractivity contribution in [1.82, 2.24) is 0 Å². The van der Waals surface area contributed by atoms with Crippen molar-refractivity contribution >= 4 is 0 Å². The lowest BCUT2D eigenvalue weighted by Crippen LogP contribution is -2.11. The normalized spacial score (nSPS) is 15.5. The highest BCUT2D eigenvalue weighted by molar-refractivity contribution is 5.08. The summed E-state index contributed by atoms with van der Waals surface area (Å²) in [4.78, 5) is 0. The molecule has 1 atom stereocenters. The number of allylic oxidation sites excluding steroid dienone is 2. The molecule has 0 heterocycles. The van der Waals surface area contributed by atoms with Crippen LogP contribution in [0.25, 0.3) is 0 Å². The van der Waals surface area contributed by atoms with Crippen molar-refractivity contribution in [3.63, 3.8) is 0 Å². The topological polar surface area (TPSA) is 0 Å². The number of hydrogen-bond donors (Lipinski definition) is 0. The second-order valence-corrected chi connectivity index (χ2v) is 5.99. The van der Waals surface area contributed by atoms with E-state index >= 15 is 0 Å². The van der Waals surface area contributed by atoms with Crippen molar-refractivity contribution in [3.05, 3.63) is 11.6 Å². The van der Waals surface area contributed by atoms with E-state index in [2.05, 4.69) is 47.6 Å². The summed E-state index contributed by atoms with van der Waals surface area (Å²) in [5.74, 6) is 0.778. The molecule has 0 heteroatoms. The van der Waals surface area contributed by atoms with E-state index < -0.39 is 0 Å². The third-order valence-electron chi connectivity index (χ3n) is 2.78. The van der Waals surface area contributed by atoms with Crippen LogP contribution >= 0.6 is 0 Å². The maximum absolute atomic E-state index is 2.49. The van der Waals surface area contributed by atoms with E-state index in [-0.39, 0.29) is 0 Å². The Balaban J connectivity index is 4.44. The summed E-state index contributed by atoms with van der Waals surface area (Å²) in [7, 11) is 0. The molecule has 0 aromatic heterocycles. The zero-order valence-corrected chi connectivity index (χ0v) is 11.7. The van der Waals surface area contributed by atoms with Crippen molar-refractivity contribution < 1.29 is 0 Å². The third-order valence-corrected chi connectivity index (χ3v) is 2.78. The van der Waals surface area contributed by atoms with Gasteiger partial charge in [0.2, 0.25) is 0 Å². The van der Waals surface area contributed by atoms with E-state index in [1.54, 1.807) is 5.57 Å². The number of rotatable bonds is 6. The molecule has 0 aromatic rings. The van der Waals surface area contributed by atoms with Crippen LogP contribution in [0.4, 0.5) is 0 Å². The van der Waals surface area contributed by atoms with Gasteiger partial charge in [-0.2, -0.15) is 0 Å². The first-order valence-corrected chi connectivity index (χ1v) is 6.59. The fraction of sp³-hybridized carbons (Fsp3) is 0.867. The van der Waals surface area contributed by atoms with Crippen molar-refractivity contribution in [1.29, 1.82) is 0 Å². The maximum Gasteiger partial charge on any atom is -0.0232 e. The van der Waals surface area contributed by atoms with Crippen LogP contribution in [0.15, 0.2) is 11.6 Å². The fourth-order valence-corrected chi connectivity index (χ4v) is 2.01. The molecule has 0 saturated heterocycles. The molecule has 0 aliphatic rings. The van der Waals surface area contributed by atoms with Gasteiger partial charge in [-0.3, -0.25) is 0 Å². The van der Waals surface area contributed by atoms with Crippen LogP contribution in [0.1, 0.15) is 73.6 Å². The molecule has 0 aliphatic heterocycles. The SMILES string of the molecule is CCC/C=C(/CC(C)(C)C)C(C)CCC. The molecule has 90 valence electrons. The Labute approximate surface area is 97.2 Å². The summed E-state index contributed by atoms with van der Waals surface area (Å²) >= 11 is 0. The monoisotopic (exact) mass is 210 g/mol. The van der Waals surface area contributed by atoms with Gasteiger partial charge in [0, 0.05) is 0 Å². The Morgan fingerprint density at radius 3 is 2.13 bits per heavy atom. The molecule has 0 spiro atoms. The molecule has 0 nitrogen and oxygen atoms in total. The van der Waals surface area contributed by atoms with Crippen LogP contribution in [-0.4, -0.2) is 0 Å². The number of unbranched alkanes of at least 4 members (excludes halogenated alkanes) is 1. The minimum absolute atomic E-state index is 0.432. The zero-order chi connectivity index (χ0) is 11.9. The summed E-state index contributed by atoms with van der Waals surface area (Å²) in [6.07, 6.45) is 8.91. The van der Waals surface area contributed by atoms with Crippen molar-refractivity contribution in [2.75, 3.05) is 0 Å². The molecule has 0 radical (unpaired) electrons. The van der Waals surface area contributed by atoms with Gasteiger partial charge in [0.05, 0.1) is 0 Å². The largest absolute Gasteiger partial charge is 0.0851 e. The quantitative estimate of drug-likeness (QED) is 0.502. The van der Waals surface area contributed by atoms with Crippen molar-refractivity contribution in [2.24, 2.45) is 11.3 Å². The van der Waals surface area contributed by atoms with Gasteiger partial charge < -0.3 is 0 Å². The fourth-order valence-electron chi connectivity index (χ4n) is 2.01. The highest BCUT2D eigenvalue weighted by Crippen LogP contribution is 2.30. The van der Waals surface area contributed by atoms with Crippen LogP contribution < -0.4 is 0 Å². The zero-order valence-electron chi connectivity index (χ0n) is 11.7. The summed E-state index contributed by atoms with van der Waals surface area (Å²) < 4.78 is 0. The third kappa shape index (κ3) is 7.64. The second-order valence-electron chi connectivity index (χ2n) is 5.99. The number of hydrogen-bond acceptors (Lipinski definition) is 0. The van der Waals surface area contributed by atoms with Gasteiger partial charge in [-0.1, -0.05) is 66.0 Å². The molecule has 15 heavy (non-hydrogen) atoms. The average molecular weight is 210 g/mol. The maximum atomic E-state index is 2.49. The minimum atomic E-state index is 0.432. The average Bonchev–Trinajstić information content (AvgIpc) is 2.10. The Bertz CT molecular complexity index is 181. The highest BCUT2D eigenvalue weighted by Gasteiger charge is 2.16. The van der Waals surface area contributed by atoms with Crippen molar-refractivity contribution in [3.8, 4) is 0 Å². The predicted molar refractivity (Wildman–Crippen MR) is 71.1 cm³/mol. The first-order valence-electron chi connectivity index (χ1n) is 6.59. The molecule has 0 bridgehead atoms. The van der Waals surface area contributed by atoms with E-state index in [1.165, 1.54) is 32.1 Å². The Morgan fingerprint density at radius 1 is 1.13 bits per heavy atom. The van der Waals surface area contributed by atoms with E-state index in [9.17, 15) is 0 Å². The van der Waals surface area contributed by atoms with Gasteiger partial charge in [0.15, 0.2) is 0 Å².